The van der Waals surface area contributed by atoms with Crippen LogP contribution in [0.3, 0.4) is 0 Å². The minimum absolute atomic E-state index is 0.0350. The second kappa shape index (κ2) is 5.20. The number of aromatic carboxylic acids is 1. The Hall–Kier alpha value is -2.57. The third-order valence-corrected chi connectivity index (χ3v) is 2.92. The lowest BCUT2D eigenvalue weighted by atomic mass is 9.96. The normalized spacial score (nSPS) is 10.3. The number of hydrogen-bond donors (Lipinski definition) is 2. The number of benzene rings is 1. The summed E-state index contributed by atoms with van der Waals surface area (Å²) in [6.07, 6.45) is 0. The Bertz CT molecular complexity index is 743. The van der Waals surface area contributed by atoms with Crippen molar-refractivity contribution in [3.8, 4) is 0 Å². The third-order valence-electron chi connectivity index (χ3n) is 2.92. The predicted octanol–water partition coefficient (Wildman–Crippen LogP) is 0.225. The van der Waals surface area contributed by atoms with Crippen LogP contribution in [0.25, 0.3) is 0 Å². The van der Waals surface area contributed by atoms with Crippen molar-refractivity contribution in [2.45, 2.75) is 0 Å². The molecule has 0 fully saturated rings. The molecule has 5 nitrogen and oxygen atoms in total. The fourth-order valence-corrected chi connectivity index (χ4v) is 1.81. The van der Waals surface area contributed by atoms with Crippen LogP contribution in [0.1, 0.15) is 10.4 Å². The Morgan fingerprint density at radius 2 is 2.05 bits per heavy atom. The maximum atomic E-state index is 13.8. The molecule has 2 aromatic rings. The number of pyridine rings is 1. The van der Waals surface area contributed by atoms with Gasteiger partial charge in [-0.3, -0.25) is 9.36 Å². The van der Waals surface area contributed by atoms with Gasteiger partial charge < -0.3 is 10.4 Å². The highest BCUT2D eigenvalue weighted by Gasteiger charge is 2.15. The van der Waals surface area contributed by atoms with Gasteiger partial charge >= 0.3 is 5.97 Å². The number of nitrogens with zero attached hydrogens (tertiary/aromatic N) is 1. The maximum Gasteiger partial charge on any atom is 0.339 e. The van der Waals surface area contributed by atoms with Gasteiger partial charge in [0.1, 0.15) is 25.0 Å². The molecular formula is C13H12BFN2O3. The topological polar surface area (TPSA) is 71.3 Å². The molecule has 0 aliphatic carbocycles. The van der Waals surface area contributed by atoms with Gasteiger partial charge in [-0.25, -0.2) is 9.18 Å². The standard InChI is InChI=1S/C13H12BFN2O3/c1-17-11(18)5-3-8(13(19)20)12(17)16-10-4-2-7(14)6-9(10)15/h2-6,16H,14H2,1H3,(H,19,20). The lowest BCUT2D eigenvalue weighted by molar-refractivity contribution is 0.0697. The average Bonchev–Trinajstić information content (AvgIpc) is 2.37. The van der Waals surface area contributed by atoms with E-state index < -0.39 is 11.8 Å². The van der Waals surface area contributed by atoms with Crippen molar-refractivity contribution in [1.82, 2.24) is 4.57 Å². The molecule has 2 N–H and O–H groups in total. The van der Waals surface area contributed by atoms with Crippen molar-refractivity contribution in [2.75, 3.05) is 5.32 Å². The fraction of sp³-hybridized carbons (Fsp3) is 0.0769. The molecule has 0 aliphatic heterocycles. The van der Waals surface area contributed by atoms with Crippen LogP contribution in [-0.2, 0) is 7.05 Å². The van der Waals surface area contributed by atoms with E-state index in [2.05, 4.69) is 5.32 Å². The first-order valence-electron chi connectivity index (χ1n) is 5.86. The van der Waals surface area contributed by atoms with E-state index in [0.29, 0.717) is 0 Å². The molecule has 0 saturated carbocycles. The van der Waals surface area contributed by atoms with Crippen LogP contribution in [0.2, 0.25) is 0 Å². The fourth-order valence-electron chi connectivity index (χ4n) is 1.81. The van der Waals surface area contributed by atoms with Crippen molar-refractivity contribution in [1.29, 1.82) is 0 Å². The molecule has 0 radical (unpaired) electrons. The van der Waals surface area contributed by atoms with E-state index in [9.17, 15) is 14.0 Å². The second-order valence-electron chi connectivity index (χ2n) is 4.41. The van der Waals surface area contributed by atoms with E-state index in [0.717, 1.165) is 16.1 Å². The zero-order valence-corrected chi connectivity index (χ0v) is 11.0. The van der Waals surface area contributed by atoms with Crippen molar-refractivity contribution in [3.63, 3.8) is 0 Å². The minimum atomic E-state index is -1.20. The number of carboxylic acid groups (broad SMARTS) is 1. The van der Waals surface area contributed by atoms with Gasteiger partial charge in [0.05, 0.1) is 5.69 Å². The number of rotatable bonds is 3. The Morgan fingerprint density at radius 3 is 2.65 bits per heavy atom. The van der Waals surface area contributed by atoms with Crippen LogP contribution in [0.5, 0.6) is 0 Å². The molecule has 0 bridgehead atoms. The quantitative estimate of drug-likeness (QED) is 0.786. The molecule has 7 heteroatoms. The molecule has 1 heterocycles. The van der Waals surface area contributed by atoms with E-state index >= 15 is 0 Å². The summed E-state index contributed by atoms with van der Waals surface area (Å²) in [6, 6.07) is 6.85. The highest BCUT2D eigenvalue weighted by molar-refractivity contribution is 6.32. The number of aromatic nitrogens is 1. The summed E-state index contributed by atoms with van der Waals surface area (Å²) in [4.78, 5) is 22.7. The lowest BCUT2D eigenvalue weighted by Gasteiger charge is -2.14. The van der Waals surface area contributed by atoms with Gasteiger partial charge in [-0.1, -0.05) is 11.5 Å². The lowest BCUT2D eigenvalue weighted by Crippen LogP contribution is -2.21. The van der Waals surface area contributed by atoms with Crippen LogP contribution in [0.4, 0.5) is 15.9 Å². The summed E-state index contributed by atoms with van der Waals surface area (Å²) in [6.45, 7) is 0. The van der Waals surface area contributed by atoms with Crippen LogP contribution in [0.15, 0.2) is 35.1 Å². The van der Waals surface area contributed by atoms with Crippen LogP contribution < -0.4 is 16.3 Å². The highest BCUT2D eigenvalue weighted by atomic mass is 19.1. The largest absolute Gasteiger partial charge is 0.478 e. The maximum absolute atomic E-state index is 13.8. The number of carboxylic acids is 1. The molecule has 1 aromatic carbocycles. The summed E-state index contributed by atoms with van der Waals surface area (Å²) in [5, 5.41) is 11.8. The molecule has 0 aliphatic rings. The number of nitrogens with one attached hydrogen (secondary N) is 1. The number of anilines is 2. The zero-order chi connectivity index (χ0) is 14.9. The van der Waals surface area contributed by atoms with Gasteiger partial charge in [0, 0.05) is 13.1 Å². The first-order chi connectivity index (χ1) is 9.40. The predicted molar refractivity (Wildman–Crippen MR) is 76.5 cm³/mol. The molecule has 1 aromatic heterocycles. The summed E-state index contributed by atoms with van der Waals surface area (Å²) < 4.78 is 14.9. The second-order valence-corrected chi connectivity index (χ2v) is 4.41. The molecule has 0 atom stereocenters. The van der Waals surface area contributed by atoms with Gasteiger partial charge in [0.2, 0.25) is 0 Å². The van der Waals surface area contributed by atoms with Crippen molar-refractivity contribution >= 4 is 30.8 Å². The highest BCUT2D eigenvalue weighted by Crippen LogP contribution is 2.21. The molecule has 0 saturated heterocycles. The summed E-state index contributed by atoms with van der Waals surface area (Å²) >= 11 is 0. The first-order valence-corrected chi connectivity index (χ1v) is 5.86. The zero-order valence-electron chi connectivity index (χ0n) is 11.0. The van der Waals surface area contributed by atoms with Gasteiger partial charge in [-0.05, 0) is 18.2 Å². The summed E-state index contributed by atoms with van der Waals surface area (Å²) in [7, 11) is 3.16. The molecule has 0 amide bonds. The molecule has 0 spiro atoms. The molecule has 0 unspecified atom stereocenters. The molecule has 102 valence electrons. The molecule has 20 heavy (non-hydrogen) atoms. The SMILES string of the molecule is Bc1ccc(Nc2c(C(=O)O)ccc(=O)n2C)c(F)c1. The van der Waals surface area contributed by atoms with Gasteiger partial charge in [-0.2, -0.15) is 0 Å². The van der Waals surface area contributed by atoms with Crippen molar-refractivity contribution < 1.29 is 14.3 Å². The number of hydrogen-bond acceptors (Lipinski definition) is 3. The minimum Gasteiger partial charge on any atom is -0.478 e. The van der Waals surface area contributed by atoms with Crippen LogP contribution in [0, 0.1) is 5.82 Å². The van der Waals surface area contributed by atoms with Crippen LogP contribution in [-0.4, -0.2) is 23.5 Å². The first kappa shape index (κ1) is 13.9. The number of halogens is 1. The van der Waals surface area contributed by atoms with E-state index in [1.165, 1.54) is 25.2 Å². The van der Waals surface area contributed by atoms with E-state index in [-0.39, 0.29) is 22.6 Å². The van der Waals surface area contributed by atoms with Crippen LogP contribution >= 0.6 is 0 Å². The number of carbonyl (C=O) groups is 1. The van der Waals surface area contributed by atoms with Gasteiger partial charge in [0.15, 0.2) is 0 Å². The van der Waals surface area contributed by atoms with E-state index in [4.69, 9.17) is 5.11 Å². The summed E-state index contributed by atoms with van der Waals surface area (Å²) in [5.74, 6) is -1.68. The Labute approximate surface area is 115 Å². The molecular weight excluding hydrogens is 262 g/mol. The van der Waals surface area contributed by atoms with Gasteiger partial charge in [-0.15, -0.1) is 0 Å². The van der Waals surface area contributed by atoms with Crippen molar-refractivity contribution in [2.24, 2.45) is 7.05 Å². The average molecular weight is 274 g/mol. The third kappa shape index (κ3) is 2.56. The Balaban J connectivity index is 2.55. The van der Waals surface area contributed by atoms with Gasteiger partial charge in [0.25, 0.3) is 5.56 Å². The Kier molecular flexibility index (Phi) is 3.60. The van der Waals surface area contributed by atoms with E-state index in [1.54, 1.807) is 13.9 Å². The smallest absolute Gasteiger partial charge is 0.339 e. The summed E-state index contributed by atoms with van der Waals surface area (Å²) in [5.41, 5.74) is 0.366. The Morgan fingerprint density at radius 1 is 1.35 bits per heavy atom. The van der Waals surface area contributed by atoms with E-state index in [1.807, 2.05) is 0 Å². The molecule has 2 rings (SSSR count). The monoisotopic (exact) mass is 274 g/mol. The van der Waals surface area contributed by atoms with Crippen molar-refractivity contribution in [3.05, 3.63) is 52.1 Å².